The van der Waals surface area contributed by atoms with Crippen LogP contribution in [0.4, 0.5) is 5.82 Å². The number of anilines is 1. The van der Waals surface area contributed by atoms with Crippen LogP contribution >= 0.6 is 24.0 Å². The van der Waals surface area contributed by atoms with Gasteiger partial charge in [-0.05, 0) is 42.9 Å². The molecule has 142 valence electrons. The molecule has 2 N–H and O–H groups in total. The number of nitrogens with zero attached hydrogens (tertiary/aromatic N) is 3. The summed E-state index contributed by atoms with van der Waals surface area (Å²) in [6.45, 7) is 8.56. The van der Waals surface area contributed by atoms with Gasteiger partial charge >= 0.3 is 0 Å². The van der Waals surface area contributed by atoms with Crippen molar-refractivity contribution in [1.82, 2.24) is 15.6 Å². The minimum absolute atomic E-state index is 0. The first-order chi connectivity index (χ1) is 11.7. The van der Waals surface area contributed by atoms with Crippen LogP contribution in [-0.2, 0) is 6.54 Å². The standard InChI is InChI=1S/C19H33N5.HI/c1-16(2)8-4-5-10-22-19(20-3)23-15-17-9-11-21-18(14-17)24-12-6-7-13-24;/h9,11,14,16H,4-8,10,12-13,15H2,1-3H3,(H2,20,22,23);1H. The van der Waals surface area contributed by atoms with Gasteiger partial charge in [0.15, 0.2) is 5.96 Å². The van der Waals surface area contributed by atoms with E-state index >= 15 is 0 Å². The Bertz CT molecular complexity index is 512. The third-order valence-electron chi connectivity index (χ3n) is 4.42. The zero-order valence-corrected chi connectivity index (χ0v) is 18.3. The average molecular weight is 459 g/mol. The SMILES string of the molecule is CN=C(NCCCCC(C)C)NCc1ccnc(N2CCCC2)c1.I. The third kappa shape index (κ3) is 8.25. The fourth-order valence-electron chi connectivity index (χ4n) is 2.98. The fourth-order valence-corrected chi connectivity index (χ4v) is 2.98. The highest BCUT2D eigenvalue weighted by Gasteiger charge is 2.13. The van der Waals surface area contributed by atoms with Crippen LogP contribution in [0.1, 0.15) is 51.5 Å². The first-order valence-electron chi connectivity index (χ1n) is 9.33. The Labute approximate surface area is 170 Å². The highest BCUT2D eigenvalue weighted by atomic mass is 127. The molecule has 2 rings (SSSR count). The molecule has 5 nitrogen and oxygen atoms in total. The molecule has 0 atom stereocenters. The molecule has 0 saturated carbocycles. The number of aliphatic imine (C=N–C) groups is 1. The lowest BCUT2D eigenvalue weighted by atomic mass is 10.1. The zero-order valence-electron chi connectivity index (χ0n) is 15.9. The normalized spacial score (nSPS) is 14.6. The maximum atomic E-state index is 4.51. The Balaban J connectivity index is 0.00000312. The predicted octanol–water partition coefficient (Wildman–Crippen LogP) is 3.79. The number of unbranched alkanes of at least 4 members (excludes halogenated alkanes) is 1. The number of rotatable bonds is 8. The lowest BCUT2D eigenvalue weighted by molar-refractivity contribution is 0.534. The van der Waals surface area contributed by atoms with Crippen LogP contribution < -0.4 is 15.5 Å². The van der Waals surface area contributed by atoms with Crippen LogP contribution in [0.3, 0.4) is 0 Å². The van der Waals surface area contributed by atoms with Crippen molar-refractivity contribution in [2.75, 3.05) is 31.6 Å². The molecule has 0 unspecified atom stereocenters. The summed E-state index contributed by atoms with van der Waals surface area (Å²) in [5, 5.41) is 6.79. The predicted molar refractivity (Wildman–Crippen MR) is 118 cm³/mol. The van der Waals surface area contributed by atoms with Gasteiger partial charge in [-0.3, -0.25) is 4.99 Å². The molecule has 0 bridgehead atoms. The number of halogens is 1. The van der Waals surface area contributed by atoms with Crippen molar-refractivity contribution >= 4 is 35.8 Å². The summed E-state index contributed by atoms with van der Waals surface area (Å²) in [5.41, 5.74) is 1.25. The van der Waals surface area contributed by atoms with E-state index in [0.717, 1.165) is 43.9 Å². The van der Waals surface area contributed by atoms with Gasteiger partial charge in [-0.1, -0.05) is 26.7 Å². The van der Waals surface area contributed by atoms with Crippen LogP contribution in [-0.4, -0.2) is 37.6 Å². The Kier molecular flexibility index (Phi) is 10.8. The number of hydrogen-bond acceptors (Lipinski definition) is 3. The highest BCUT2D eigenvalue weighted by Crippen LogP contribution is 2.18. The molecule has 0 spiro atoms. The van der Waals surface area contributed by atoms with Gasteiger partial charge in [0.1, 0.15) is 5.82 Å². The Morgan fingerprint density at radius 1 is 1.24 bits per heavy atom. The monoisotopic (exact) mass is 459 g/mol. The fraction of sp³-hybridized carbons (Fsp3) is 0.684. The molecule has 6 heteroatoms. The van der Waals surface area contributed by atoms with E-state index in [1.54, 1.807) is 0 Å². The highest BCUT2D eigenvalue weighted by molar-refractivity contribution is 14.0. The summed E-state index contributed by atoms with van der Waals surface area (Å²) >= 11 is 0. The minimum atomic E-state index is 0. The topological polar surface area (TPSA) is 52.6 Å². The summed E-state index contributed by atoms with van der Waals surface area (Å²) < 4.78 is 0. The van der Waals surface area contributed by atoms with E-state index in [9.17, 15) is 0 Å². The van der Waals surface area contributed by atoms with E-state index in [4.69, 9.17) is 0 Å². The zero-order chi connectivity index (χ0) is 17.2. The van der Waals surface area contributed by atoms with Gasteiger partial charge in [0.25, 0.3) is 0 Å². The maximum Gasteiger partial charge on any atom is 0.191 e. The molecule has 1 aromatic rings. The van der Waals surface area contributed by atoms with E-state index in [2.05, 4.69) is 51.5 Å². The van der Waals surface area contributed by atoms with E-state index in [1.165, 1.54) is 37.7 Å². The number of aromatic nitrogens is 1. The summed E-state index contributed by atoms with van der Waals surface area (Å²) in [7, 11) is 1.83. The molecule has 25 heavy (non-hydrogen) atoms. The molecule has 1 aromatic heterocycles. The van der Waals surface area contributed by atoms with E-state index in [1.807, 2.05) is 13.2 Å². The molecule has 1 saturated heterocycles. The Morgan fingerprint density at radius 2 is 2.00 bits per heavy atom. The Morgan fingerprint density at radius 3 is 2.68 bits per heavy atom. The third-order valence-corrected chi connectivity index (χ3v) is 4.42. The minimum Gasteiger partial charge on any atom is -0.357 e. The summed E-state index contributed by atoms with van der Waals surface area (Å²) in [4.78, 5) is 11.2. The second-order valence-electron chi connectivity index (χ2n) is 6.96. The second-order valence-corrected chi connectivity index (χ2v) is 6.96. The van der Waals surface area contributed by atoms with Gasteiger partial charge in [0.05, 0.1) is 0 Å². The molecule has 0 aliphatic carbocycles. The van der Waals surface area contributed by atoms with Crippen LogP contribution in [0.5, 0.6) is 0 Å². The number of pyridine rings is 1. The first kappa shape index (κ1) is 22.0. The van der Waals surface area contributed by atoms with Crippen LogP contribution in [0.25, 0.3) is 0 Å². The van der Waals surface area contributed by atoms with Crippen molar-refractivity contribution in [2.45, 2.75) is 52.5 Å². The van der Waals surface area contributed by atoms with Crippen molar-refractivity contribution in [2.24, 2.45) is 10.9 Å². The van der Waals surface area contributed by atoms with Gasteiger partial charge in [-0.15, -0.1) is 24.0 Å². The van der Waals surface area contributed by atoms with Gasteiger partial charge in [-0.2, -0.15) is 0 Å². The smallest absolute Gasteiger partial charge is 0.191 e. The molecule has 1 fully saturated rings. The van der Waals surface area contributed by atoms with Crippen molar-refractivity contribution in [1.29, 1.82) is 0 Å². The quantitative estimate of drug-likeness (QED) is 0.269. The molecule has 1 aliphatic rings. The van der Waals surface area contributed by atoms with E-state index in [0.29, 0.717) is 0 Å². The molecule has 0 radical (unpaired) electrons. The Hall–Kier alpha value is -1.05. The second kappa shape index (κ2) is 12.3. The van der Waals surface area contributed by atoms with Crippen LogP contribution in [0.2, 0.25) is 0 Å². The lowest BCUT2D eigenvalue weighted by Gasteiger charge is -2.17. The van der Waals surface area contributed by atoms with Crippen LogP contribution in [0, 0.1) is 5.92 Å². The van der Waals surface area contributed by atoms with Crippen molar-refractivity contribution in [3.05, 3.63) is 23.9 Å². The average Bonchev–Trinajstić information content (AvgIpc) is 3.12. The largest absolute Gasteiger partial charge is 0.357 e. The molecule has 0 amide bonds. The van der Waals surface area contributed by atoms with Gasteiger partial charge in [-0.25, -0.2) is 4.98 Å². The van der Waals surface area contributed by atoms with E-state index < -0.39 is 0 Å². The number of nitrogens with one attached hydrogen (secondary N) is 2. The summed E-state index contributed by atoms with van der Waals surface area (Å²) in [6, 6.07) is 4.26. The molecular weight excluding hydrogens is 425 g/mol. The van der Waals surface area contributed by atoms with Crippen molar-refractivity contribution in [3.8, 4) is 0 Å². The maximum absolute atomic E-state index is 4.51. The van der Waals surface area contributed by atoms with Crippen molar-refractivity contribution in [3.63, 3.8) is 0 Å². The summed E-state index contributed by atoms with van der Waals surface area (Å²) in [5.74, 6) is 2.77. The van der Waals surface area contributed by atoms with Crippen LogP contribution in [0.15, 0.2) is 23.3 Å². The van der Waals surface area contributed by atoms with Crippen molar-refractivity contribution < 1.29 is 0 Å². The lowest BCUT2D eigenvalue weighted by Crippen LogP contribution is -2.37. The molecule has 2 heterocycles. The van der Waals surface area contributed by atoms with Gasteiger partial charge in [0.2, 0.25) is 0 Å². The molecule has 1 aliphatic heterocycles. The number of guanidine groups is 1. The molecule has 0 aromatic carbocycles. The van der Waals surface area contributed by atoms with Gasteiger partial charge in [0, 0.05) is 39.4 Å². The number of hydrogen-bond donors (Lipinski definition) is 2. The summed E-state index contributed by atoms with van der Waals surface area (Å²) in [6.07, 6.45) is 8.21. The first-order valence-corrected chi connectivity index (χ1v) is 9.33. The van der Waals surface area contributed by atoms with Gasteiger partial charge < -0.3 is 15.5 Å². The van der Waals surface area contributed by atoms with E-state index in [-0.39, 0.29) is 24.0 Å². The molecular formula is C19H34IN5.